The van der Waals surface area contributed by atoms with Gasteiger partial charge in [0.25, 0.3) is 11.8 Å². The van der Waals surface area contributed by atoms with Crippen LogP contribution in [-0.2, 0) is 9.53 Å². The molecule has 3 rings (SSSR count). The molecule has 1 heterocycles. The molecule has 0 unspecified atom stereocenters. The van der Waals surface area contributed by atoms with Crippen LogP contribution in [0.3, 0.4) is 0 Å². The van der Waals surface area contributed by atoms with Crippen LogP contribution in [0.25, 0.3) is 0 Å². The Balaban J connectivity index is 1.52. The van der Waals surface area contributed by atoms with E-state index in [1.54, 1.807) is 17.5 Å². The molecule has 7 heteroatoms. The van der Waals surface area contributed by atoms with Crippen LogP contribution in [0, 0.1) is 0 Å². The predicted octanol–water partition coefficient (Wildman–Crippen LogP) is 3.69. The first-order valence-corrected chi connectivity index (χ1v) is 9.87. The van der Waals surface area contributed by atoms with Crippen molar-refractivity contribution in [2.24, 2.45) is 5.73 Å². The van der Waals surface area contributed by atoms with Gasteiger partial charge in [0.1, 0.15) is 5.00 Å². The monoisotopic (exact) mass is 386 g/mol. The van der Waals surface area contributed by atoms with Crippen molar-refractivity contribution >= 4 is 34.1 Å². The third-order valence-electron chi connectivity index (χ3n) is 4.74. The van der Waals surface area contributed by atoms with Gasteiger partial charge in [-0.25, -0.2) is 4.79 Å². The molecule has 1 aliphatic rings. The number of thiophene rings is 1. The van der Waals surface area contributed by atoms with Gasteiger partial charge in [0.15, 0.2) is 6.61 Å². The minimum atomic E-state index is -0.624. The molecule has 1 aliphatic carbocycles. The second kappa shape index (κ2) is 8.81. The summed E-state index contributed by atoms with van der Waals surface area (Å²) < 4.78 is 5.06. The minimum absolute atomic E-state index is 0.234. The van der Waals surface area contributed by atoms with Crippen LogP contribution >= 0.6 is 11.3 Å². The molecular weight excluding hydrogens is 364 g/mol. The Hall–Kier alpha value is -2.67. The first-order chi connectivity index (χ1) is 13.0. The number of hydrogen-bond donors (Lipinski definition) is 2. The van der Waals surface area contributed by atoms with E-state index in [0.717, 1.165) is 0 Å². The van der Waals surface area contributed by atoms with Crippen LogP contribution in [0.15, 0.2) is 35.7 Å². The molecule has 0 atom stereocenters. The van der Waals surface area contributed by atoms with Gasteiger partial charge in [-0.3, -0.25) is 9.59 Å². The van der Waals surface area contributed by atoms with Gasteiger partial charge in [-0.2, -0.15) is 0 Å². The van der Waals surface area contributed by atoms with Gasteiger partial charge in [-0.15, -0.1) is 11.3 Å². The summed E-state index contributed by atoms with van der Waals surface area (Å²) in [5.74, 6) is -1.13. The lowest BCUT2D eigenvalue weighted by atomic mass is 9.84. The number of ether oxygens (including phenoxy) is 1. The molecule has 3 N–H and O–H groups in total. The lowest BCUT2D eigenvalue weighted by molar-refractivity contribution is -0.119. The zero-order valence-corrected chi connectivity index (χ0v) is 15.7. The van der Waals surface area contributed by atoms with E-state index in [1.807, 2.05) is 12.1 Å². The van der Waals surface area contributed by atoms with E-state index in [2.05, 4.69) is 5.32 Å². The number of nitrogens with two attached hydrogens (primary N) is 1. The Morgan fingerprint density at radius 3 is 2.44 bits per heavy atom. The number of esters is 1. The summed E-state index contributed by atoms with van der Waals surface area (Å²) in [7, 11) is 0. The van der Waals surface area contributed by atoms with Gasteiger partial charge in [0.2, 0.25) is 0 Å². The molecule has 1 fully saturated rings. The normalized spacial score (nSPS) is 14.5. The number of benzene rings is 1. The zero-order valence-electron chi connectivity index (χ0n) is 14.9. The molecule has 1 saturated carbocycles. The number of primary amides is 1. The molecule has 0 aliphatic heterocycles. The summed E-state index contributed by atoms with van der Waals surface area (Å²) in [6.45, 7) is -0.431. The second-order valence-electron chi connectivity index (χ2n) is 6.61. The second-order valence-corrected chi connectivity index (χ2v) is 7.53. The molecule has 0 saturated heterocycles. The quantitative estimate of drug-likeness (QED) is 0.740. The van der Waals surface area contributed by atoms with Crippen molar-refractivity contribution in [3.8, 4) is 0 Å². The Labute approximate surface area is 161 Å². The molecule has 27 heavy (non-hydrogen) atoms. The van der Waals surface area contributed by atoms with Crippen molar-refractivity contribution in [2.45, 2.75) is 38.0 Å². The summed E-state index contributed by atoms with van der Waals surface area (Å²) >= 11 is 1.18. The number of hydrogen-bond acceptors (Lipinski definition) is 5. The summed E-state index contributed by atoms with van der Waals surface area (Å²) in [4.78, 5) is 35.3. The molecule has 2 amide bonds. The first kappa shape index (κ1) is 19.1. The number of nitrogens with one attached hydrogen (secondary N) is 1. The number of anilines is 1. The summed E-state index contributed by atoms with van der Waals surface area (Å²) in [6.07, 6.45) is 6.20. The van der Waals surface area contributed by atoms with Crippen molar-refractivity contribution in [3.63, 3.8) is 0 Å². The molecule has 2 aromatic rings. The summed E-state index contributed by atoms with van der Waals surface area (Å²) in [6, 6.07) is 8.96. The maximum Gasteiger partial charge on any atom is 0.338 e. The van der Waals surface area contributed by atoms with Crippen molar-refractivity contribution in [3.05, 3.63) is 52.4 Å². The van der Waals surface area contributed by atoms with Gasteiger partial charge in [0, 0.05) is 0 Å². The lowest BCUT2D eigenvalue weighted by Gasteiger charge is -2.21. The van der Waals surface area contributed by atoms with Crippen molar-refractivity contribution in [2.75, 3.05) is 11.9 Å². The topological polar surface area (TPSA) is 98.5 Å². The molecule has 0 radical (unpaired) electrons. The fourth-order valence-electron chi connectivity index (χ4n) is 3.30. The maximum atomic E-state index is 12.1. The molecule has 0 bridgehead atoms. The van der Waals surface area contributed by atoms with Crippen LogP contribution in [0.5, 0.6) is 0 Å². The van der Waals surface area contributed by atoms with Gasteiger partial charge < -0.3 is 15.8 Å². The van der Waals surface area contributed by atoms with Crippen molar-refractivity contribution in [1.82, 2.24) is 0 Å². The molecule has 6 nitrogen and oxygen atoms in total. The number of carbonyl (C=O) groups excluding carboxylic acids is 3. The van der Waals surface area contributed by atoms with Gasteiger partial charge >= 0.3 is 5.97 Å². The Bertz CT molecular complexity index is 823. The number of amides is 2. The van der Waals surface area contributed by atoms with Crippen LogP contribution in [0.1, 0.15) is 64.3 Å². The van der Waals surface area contributed by atoms with E-state index in [1.165, 1.54) is 55.1 Å². The fraction of sp³-hybridized carbons (Fsp3) is 0.350. The predicted molar refractivity (Wildman–Crippen MR) is 104 cm³/mol. The molecular formula is C20H22N2O4S. The Kier molecular flexibility index (Phi) is 6.24. The number of carbonyl (C=O) groups is 3. The highest BCUT2D eigenvalue weighted by Gasteiger charge is 2.17. The minimum Gasteiger partial charge on any atom is -0.452 e. The van der Waals surface area contributed by atoms with Crippen LogP contribution < -0.4 is 11.1 Å². The third-order valence-corrected chi connectivity index (χ3v) is 5.57. The van der Waals surface area contributed by atoms with E-state index in [4.69, 9.17) is 10.5 Å². The smallest absolute Gasteiger partial charge is 0.338 e. The largest absolute Gasteiger partial charge is 0.452 e. The lowest BCUT2D eigenvalue weighted by Crippen LogP contribution is -2.22. The molecule has 142 valence electrons. The van der Waals surface area contributed by atoms with E-state index >= 15 is 0 Å². The van der Waals surface area contributed by atoms with Crippen LogP contribution in [-0.4, -0.2) is 24.4 Å². The van der Waals surface area contributed by atoms with Crippen molar-refractivity contribution in [1.29, 1.82) is 0 Å². The van der Waals surface area contributed by atoms with E-state index in [9.17, 15) is 14.4 Å². The highest BCUT2D eigenvalue weighted by atomic mass is 32.1. The Morgan fingerprint density at radius 1 is 1.07 bits per heavy atom. The van der Waals surface area contributed by atoms with Crippen LogP contribution in [0.4, 0.5) is 5.00 Å². The van der Waals surface area contributed by atoms with Gasteiger partial charge in [-0.05, 0) is 47.9 Å². The summed E-state index contributed by atoms with van der Waals surface area (Å²) in [5, 5.41) is 4.53. The molecule has 1 aromatic carbocycles. The first-order valence-electron chi connectivity index (χ1n) is 8.99. The summed E-state index contributed by atoms with van der Waals surface area (Å²) in [5.41, 5.74) is 7.13. The SMILES string of the molecule is NC(=O)c1ccsc1NC(=O)COC(=O)c1ccc(C2CCCCC2)cc1. The third kappa shape index (κ3) is 4.95. The van der Waals surface area contributed by atoms with E-state index < -0.39 is 24.4 Å². The Morgan fingerprint density at radius 2 is 1.78 bits per heavy atom. The van der Waals surface area contributed by atoms with Gasteiger partial charge in [0.05, 0.1) is 11.1 Å². The highest BCUT2D eigenvalue weighted by molar-refractivity contribution is 7.14. The van der Waals surface area contributed by atoms with Gasteiger partial charge in [-0.1, -0.05) is 31.4 Å². The maximum absolute atomic E-state index is 12.1. The average molecular weight is 386 g/mol. The average Bonchev–Trinajstić information content (AvgIpc) is 3.15. The zero-order chi connectivity index (χ0) is 19.2. The van der Waals surface area contributed by atoms with Crippen molar-refractivity contribution < 1.29 is 19.1 Å². The van der Waals surface area contributed by atoms with E-state index in [-0.39, 0.29) is 5.56 Å². The number of rotatable bonds is 6. The standard InChI is InChI=1S/C20H22N2O4S/c21-18(24)16-10-11-27-19(16)22-17(23)12-26-20(25)15-8-6-14(7-9-15)13-4-2-1-3-5-13/h6-11,13H,1-5,12H2,(H2,21,24)(H,22,23). The molecule has 1 aromatic heterocycles. The van der Waals surface area contributed by atoms with Crippen LogP contribution in [0.2, 0.25) is 0 Å². The van der Waals surface area contributed by atoms with E-state index in [0.29, 0.717) is 16.5 Å². The fourth-order valence-corrected chi connectivity index (χ4v) is 4.11. The molecule has 0 spiro atoms. The highest BCUT2D eigenvalue weighted by Crippen LogP contribution is 2.32.